The first-order chi connectivity index (χ1) is 14.6. The first kappa shape index (κ1) is 19.8. The molecule has 0 fully saturated rings. The van der Waals surface area contributed by atoms with Crippen molar-refractivity contribution in [1.82, 2.24) is 9.55 Å². The predicted molar refractivity (Wildman–Crippen MR) is 119 cm³/mol. The number of anilines is 1. The van der Waals surface area contributed by atoms with Gasteiger partial charge in [0.15, 0.2) is 5.13 Å². The number of para-hydroxylation sites is 1. The summed E-state index contributed by atoms with van der Waals surface area (Å²) in [4.78, 5) is 30.3. The molecule has 152 valence electrons. The van der Waals surface area contributed by atoms with E-state index in [2.05, 4.69) is 10.3 Å². The summed E-state index contributed by atoms with van der Waals surface area (Å²) in [6, 6.07) is 19.4. The largest absolute Gasteiger partial charge is 0.469 e. The molecule has 0 bridgehead atoms. The van der Waals surface area contributed by atoms with Crippen LogP contribution in [0, 0.1) is 0 Å². The number of aromatic nitrogens is 2. The molecular formula is C23H21N3O3S. The highest BCUT2D eigenvalue weighted by molar-refractivity contribution is 7.16. The average molecular weight is 420 g/mol. The second-order valence-corrected chi connectivity index (χ2v) is 7.78. The molecule has 0 saturated carbocycles. The van der Waals surface area contributed by atoms with E-state index in [1.165, 1.54) is 18.4 Å². The van der Waals surface area contributed by atoms with Gasteiger partial charge < -0.3 is 9.30 Å². The van der Waals surface area contributed by atoms with Crippen LogP contribution in [0.1, 0.15) is 22.3 Å². The van der Waals surface area contributed by atoms with Gasteiger partial charge in [-0.25, -0.2) is 4.98 Å². The molecule has 2 aromatic carbocycles. The summed E-state index contributed by atoms with van der Waals surface area (Å²) < 4.78 is 6.80. The molecule has 2 aromatic heterocycles. The van der Waals surface area contributed by atoms with Crippen LogP contribution >= 0.6 is 11.3 Å². The monoisotopic (exact) mass is 419 g/mol. The van der Waals surface area contributed by atoms with Gasteiger partial charge in [-0.3, -0.25) is 14.9 Å². The summed E-state index contributed by atoms with van der Waals surface area (Å²) in [6.07, 6.45) is 0.101. The molecule has 0 aliphatic carbocycles. The van der Waals surface area contributed by atoms with Gasteiger partial charge in [-0.1, -0.05) is 48.5 Å². The van der Waals surface area contributed by atoms with E-state index in [9.17, 15) is 9.59 Å². The number of carbonyl (C=O) groups excluding carboxylic acids is 2. The van der Waals surface area contributed by atoms with Crippen molar-refractivity contribution in [3.05, 3.63) is 71.2 Å². The number of esters is 1. The van der Waals surface area contributed by atoms with Gasteiger partial charge in [0.1, 0.15) is 5.69 Å². The molecule has 0 unspecified atom stereocenters. The summed E-state index contributed by atoms with van der Waals surface area (Å²) in [5.74, 6) is -0.578. The highest BCUT2D eigenvalue weighted by atomic mass is 32.1. The maximum Gasteiger partial charge on any atom is 0.310 e. The van der Waals surface area contributed by atoms with Crippen molar-refractivity contribution < 1.29 is 14.3 Å². The lowest BCUT2D eigenvalue weighted by atomic mass is 10.1. The van der Waals surface area contributed by atoms with Crippen molar-refractivity contribution in [2.75, 3.05) is 12.4 Å². The SMILES string of the molecule is CCn1c(C(=O)Nc2nc(-c3ccccc3)c(CC(=O)OC)s2)cc2ccccc21. The smallest absolute Gasteiger partial charge is 0.310 e. The highest BCUT2D eigenvalue weighted by Crippen LogP contribution is 2.32. The Hall–Kier alpha value is -3.45. The Bertz CT molecular complexity index is 1210. The van der Waals surface area contributed by atoms with E-state index >= 15 is 0 Å². The highest BCUT2D eigenvalue weighted by Gasteiger charge is 2.20. The van der Waals surface area contributed by atoms with Gasteiger partial charge in [0.05, 0.1) is 19.2 Å². The molecule has 0 aliphatic heterocycles. The number of methoxy groups -OCH3 is 1. The number of hydrogen-bond donors (Lipinski definition) is 1. The fraction of sp³-hybridized carbons (Fsp3) is 0.174. The third kappa shape index (κ3) is 3.84. The topological polar surface area (TPSA) is 73.2 Å². The number of nitrogens with one attached hydrogen (secondary N) is 1. The minimum absolute atomic E-state index is 0.101. The summed E-state index contributed by atoms with van der Waals surface area (Å²) in [7, 11) is 1.36. The fourth-order valence-electron chi connectivity index (χ4n) is 3.45. The Morgan fingerprint density at radius 2 is 1.83 bits per heavy atom. The molecule has 7 heteroatoms. The quantitative estimate of drug-likeness (QED) is 0.458. The molecule has 2 heterocycles. The first-order valence-electron chi connectivity index (χ1n) is 9.62. The molecular weight excluding hydrogens is 398 g/mol. The van der Waals surface area contributed by atoms with Gasteiger partial charge in [-0.05, 0) is 19.1 Å². The lowest BCUT2D eigenvalue weighted by Gasteiger charge is -2.07. The van der Waals surface area contributed by atoms with E-state index in [0.717, 1.165) is 21.3 Å². The second-order valence-electron chi connectivity index (χ2n) is 6.70. The summed E-state index contributed by atoms with van der Waals surface area (Å²) in [5.41, 5.74) is 3.15. The maximum atomic E-state index is 13.0. The lowest BCUT2D eigenvalue weighted by molar-refractivity contribution is -0.139. The van der Waals surface area contributed by atoms with Gasteiger partial charge in [0.2, 0.25) is 0 Å². The number of carbonyl (C=O) groups is 2. The molecule has 0 radical (unpaired) electrons. The Labute approximate surface area is 178 Å². The number of thiazole rings is 1. The number of rotatable bonds is 6. The van der Waals surface area contributed by atoms with E-state index in [-0.39, 0.29) is 18.3 Å². The van der Waals surface area contributed by atoms with Crippen LogP contribution in [0.15, 0.2) is 60.7 Å². The number of hydrogen-bond acceptors (Lipinski definition) is 5. The molecule has 0 spiro atoms. The fourth-order valence-corrected chi connectivity index (χ4v) is 4.41. The van der Waals surface area contributed by atoms with E-state index in [4.69, 9.17) is 4.74 Å². The van der Waals surface area contributed by atoms with Crippen LogP contribution in [-0.2, 0) is 22.5 Å². The number of benzene rings is 2. The van der Waals surface area contributed by atoms with E-state index in [1.54, 1.807) is 0 Å². The second kappa shape index (κ2) is 8.51. The number of ether oxygens (including phenoxy) is 1. The predicted octanol–water partition coefficient (Wildman–Crippen LogP) is 4.75. The van der Waals surface area contributed by atoms with Crippen LogP contribution in [0.2, 0.25) is 0 Å². The van der Waals surface area contributed by atoms with Gasteiger partial charge >= 0.3 is 5.97 Å². The number of amides is 1. The zero-order valence-electron chi connectivity index (χ0n) is 16.7. The van der Waals surface area contributed by atoms with Crippen molar-refractivity contribution >= 4 is 39.2 Å². The van der Waals surface area contributed by atoms with Crippen LogP contribution in [0.4, 0.5) is 5.13 Å². The minimum Gasteiger partial charge on any atom is -0.469 e. The molecule has 4 aromatic rings. The summed E-state index contributed by atoms with van der Waals surface area (Å²) in [6.45, 7) is 2.69. The number of nitrogens with zero attached hydrogens (tertiary/aromatic N) is 2. The number of aryl methyl sites for hydroxylation is 1. The van der Waals surface area contributed by atoms with Crippen LogP contribution in [0.5, 0.6) is 0 Å². The Morgan fingerprint density at radius 3 is 2.57 bits per heavy atom. The van der Waals surface area contributed by atoms with Gasteiger partial charge in [-0.2, -0.15) is 0 Å². The maximum absolute atomic E-state index is 13.0. The molecule has 1 N–H and O–H groups in total. The molecule has 4 rings (SSSR count). The van der Waals surface area contributed by atoms with Crippen molar-refractivity contribution in [3.63, 3.8) is 0 Å². The van der Waals surface area contributed by atoms with E-state index in [1.807, 2.05) is 72.2 Å². The first-order valence-corrected chi connectivity index (χ1v) is 10.4. The third-order valence-corrected chi connectivity index (χ3v) is 5.83. The lowest BCUT2D eigenvalue weighted by Crippen LogP contribution is -2.16. The average Bonchev–Trinajstić information content (AvgIpc) is 3.35. The molecule has 30 heavy (non-hydrogen) atoms. The zero-order chi connectivity index (χ0) is 21.1. The molecule has 6 nitrogen and oxygen atoms in total. The van der Waals surface area contributed by atoms with Gasteiger partial charge in [-0.15, -0.1) is 11.3 Å². The Balaban J connectivity index is 1.68. The molecule has 0 atom stereocenters. The van der Waals surface area contributed by atoms with E-state index < -0.39 is 0 Å². The number of fused-ring (bicyclic) bond motifs is 1. The van der Waals surface area contributed by atoms with Crippen molar-refractivity contribution in [2.45, 2.75) is 19.9 Å². The van der Waals surface area contributed by atoms with Gasteiger partial charge in [0, 0.05) is 27.9 Å². The van der Waals surface area contributed by atoms with Crippen molar-refractivity contribution in [3.8, 4) is 11.3 Å². The van der Waals surface area contributed by atoms with Gasteiger partial charge in [0.25, 0.3) is 5.91 Å². The summed E-state index contributed by atoms with van der Waals surface area (Å²) in [5, 5.41) is 4.37. The zero-order valence-corrected chi connectivity index (χ0v) is 17.5. The molecule has 0 saturated heterocycles. The normalized spacial score (nSPS) is 10.9. The van der Waals surface area contributed by atoms with Crippen molar-refractivity contribution in [2.24, 2.45) is 0 Å². The van der Waals surface area contributed by atoms with Crippen LogP contribution in [0.25, 0.3) is 22.2 Å². The Morgan fingerprint density at radius 1 is 1.10 bits per heavy atom. The standard InChI is InChI=1S/C23H21N3O3S/c1-3-26-17-12-8-7-11-16(17)13-18(26)22(28)25-23-24-21(15-9-5-4-6-10-15)19(30-23)14-20(27)29-2/h4-13H,3,14H2,1-2H3,(H,24,25,28). The van der Waals surface area contributed by atoms with Crippen LogP contribution in [0.3, 0.4) is 0 Å². The summed E-state index contributed by atoms with van der Waals surface area (Å²) >= 11 is 1.29. The minimum atomic E-state index is -0.347. The van der Waals surface area contributed by atoms with Crippen LogP contribution < -0.4 is 5.32 Å². The Kier molecular flexibility index (Phi) is 5.63. The van der Waals surface area contributed by atoms with Crippen molar-refractivity contribution in [1.29, 1.82) is 0 Å². The van der Waals surface area contributed by atoms with Crippen LogP contribution in [-0.4, -0.2) is 28.5 Å². The van der Waals surface area contributed by atoms with E-state index in [0.29, 0.717) is 23.1 Å². The molecule has 1 amide bonds. The third-order valence-electron chi connectivity index (χ3n) is 4.86. The molecule has 0 aliphatic rings.